The lowest BCUT2D eigenvalue weighted by molar-refractivity contribution is -0.144. The summed E-state index contributed by atoms with van der Waals surface area (Å²) in [5.41, 5.74) is -0.772. The van der Waals surface area contributed by atoms with Crippen LogP contribution in [-0.4, -0.2) is 61.0 Å². The standard InChI is InChI=1S/C27H28N2O6/c1-4-14-28-21-9-7-6-8-20(21)27(26(28)33)22(24(31)25(32)29(27)15-17-34-3)23(30)18-10-12-19(13-11-18)35-16-5-2/h4,6-13,30H,1,5,14-17H2,2-3H3/b23-22-. The van der Waals surface area contributed by atoms with Gasteiger partial charge in [0.15, 0.2) is 5.54 Å². The summed E-state index contributed by atoms with van der Waals surface area (Å²) in [6.07, 6.45) is 2.42. The summed E-state index contributed by atoms with van der Waals surface area (Å²) < 4.78 is 10.8. The molecule has 0 aromatic heterocycles. The fourth-order valence-electron chi connectivity index (χ4n) is 4.73. The van der Waals surface area contributed by atoms with Crippen LogP contribution in [0.1, 0.15) is 24.5 Å². The van der Waals surface area contributed by atoms with Gasteiger partial charge in [0.2, 0.25) is 0 Å². The van der Waals surface area contributed by atoms with E-state index in [1.165, 1.54) is 16.9 Å². The average Bonchev–Trinajstić information content (AvgIpc) is 3.25. The molecule has 2 amide bonds. The third kappa shape index (κ3) is 3.70. The number of aliphatic hydroxyl groups excluding tert-OH is 1. The Labute approximate surface area is 204 Å². The molecule has 0 saturated carbocycles. The average molecular weight is 477 g/mol. The minimum absolute atomic E-state index is 0.0103. The van der Waals surface area contributed by atoms with Crippen molar-refractivity contribution in [3.63, 3.8) is 0 Å². The van der Waals surface area contributed by atoms with E-state index in [9.17, 15) is 19.5 Å². The molecule has 0 bridgehead atoms. The molecule has 1 unspecified atom stereocenters. The molecular weight excluding hydrogens is 448 g/mol. The smallest absolute Gasteiger partial charge is 0.296 e. The highest BCUT2D eigenvalue weighted by Gasteiger charge is 2.66. The molecule has 2 aromatic rings. The summed E-state index contributed by atoms with van der Waals surface area (Å²) in [6, 6.07) is 13.5. The lowest BCUT2D eigenvalue weighted by atomic mass is 9.82. The summed E-state index contributed by atoms with van der Waals surface area (Å²) in [5, 5.41) is 11.4. The molecule has 4 rings (SSSR count). The molecule has 0 aliphatic carbocycles. The lowest BCUT2D eigenvalue weighted by Crippen LogP contribution is -2.52. The van der Waals surface area contributed by atoms with Crippen LogP contribution in [-0.2, 0) is 24.7 Å². The van der Waals surface area contributed by atoms with Gasteiger partial charge in [-0.15, -0.1) is 6.58 Å². The van der Waals surface area contributed by atoms with Gasteiger partial charge in [-0.25, -0.2) is 0 Å². The molecule has 0 radical (unpaired) electrons. The highest BCUT2D eigenvalue weighted by atomic mass is 16.5. The molecule has 2 aliphatic rings. The number of hydrogen-bond donors (Lipinski definition) is 1. The Hall–Kier alpha value is -3.91. The van der Waals surface area contributed by atoms with Crippen LogP contribution >= 0.6 is 0 Å². The van der Waals surface area contributed by atoms with Gasteiger partial charge in [-0.05, 0) is 36.8 Å². The topological polar surface area (TPSA) is 96.4 Å². The van der Waals surface area contributed by atoms with Crippen LogP contribution in [0, 0.1) is 0 Å². The van der Waals surface area contributed by atoms with E-state index >= 15 is 0 Å². The molecule has 1 atom stereocenters. The first-order valence-electron chi connectivity index (χ1n) is 11.5. The van der Waals surface area contributed by atoms with Gasteiger partial charge in [-0.1, -0.05) is 31.2 Å². The SMILES string of the molecule is C=CCN1C(=O)C2(/C(=C(\O)c3ccc(OCCC)cc3)C(=O)C(=O)N2CCOC)c2ccccc21. The fraction of sp³-hybridized carbons (Fsp3) is 0.296. The van der Waals surface area contributed by atoms with Crippen LogP contribution in [0.3, 0.4) is 0 Å². The maximum Gasteiger partial charge on any atom is 0.296 e. The summed E-state index contributed by atoms with van der Waals surface area (Å²) >= 11 is 0. The number of anilines is 1. The first kappa shape index (κ1) is 24.2. The normalized spacial score (nSPS) is 20.6. The Morgan fingerprint density at radius 3 is 2.46 bits per heavy atom. The number of amides is 2. The van der Waals surface area contributed by atoms with Crippen molar-refractivity contribution >= 4 is 29.0 Å². The van der Waals surface area contributed by atoms with E-state index < -0.39 is 28.9 Å². The second-order valence-corrected chi connectivity index (χ2v) is 8.31. The monoisotopic (exact) mass is 476 g/mol. The molecule has 35 heavy (non-hydrogen) atoms. The number of para-hydroxylation sites is 1. The van der Waals surface area contributed by atoms with Crippen LogP contribution in [0.25, 0.3) is 5.76 Å². The Morgan fingerprint density at radius 2 is 1.80 bits per heavy atom. The minimum Gasteiger partial charge on any atom is -0.507 e. The van der Waals surface area contributed by atoms with E-state index in [-0.39, 0.29) is 25.3 Å². The Morgan fingerprint density at radius 1 is 1.09 bits per heavy atom. The van der Waals surface area contributed by atoms with Crippen molar-refractivity contribution in [1.29, 1.82) is 0 Å². The second-order valence-electron chi connectivity index (χ2n) is 8.31. The van der Waals surface area contributed by atoms with Crippen LogP contribution in [0.15, 0.2) is 66.8 Å². The Kier molecular flexibility index (Phi) is 6.75. The third-order valence-corrected chi connectivity index (χ3v) is 6.24. The van der Waals surface area contributed by atoms with E-state index in [1.807, 2.05) is 6.92 Å². The molecule has 2 aromatic carbocycles. The number of methoxy groups -OCH3 is 1. The largest absolute Gasteiger partial charge is 0.507 e. The van der Waals surface area contributed by atoms with E-state index in [2.05, 4.69) is 6.58 Å². The Balaban J connectivity index is 1.96. The van der Waals surface area contributed by atoms with Crippen molar-refractivity contribution in [2.75, 3.05) is 38.3 Å². The number of fused-ring (bicyclic) bond motifs is 2. The quantitative estimate of drug-likeness (QED) is 0.258. The highest BCUT2D eigenvalue weighted by molar-refractivity contribution is 6.50. The zero-order chi connectivity index (χ0) is 25.2. The minimum atomic E-state index is -1.81. The molecule has 1 fully saturated rings. The number of carbonyl (C=O) groups is 3. The van der Waals surface area contributed by atoms with Crippen molar-refractivity contribution in [2.24, 2.45) is 0 Å². The van der Waals surface area contributed by atoms with Gasteiger partial charge in [0.25, 0.3) is 17.6 Å². The maximum atomic E-state index is 14.1. The number of benzene rings is 2. The molecule has 1 spiro atoms. The number of Topliss-reactive ketones (excluding diaryl/α,β-unsaturated/α-hetero) is 1. The summed E-state index contributed by atoms with van der Waals surface area (Å²) in [5.74, 6) is -2.10. The fourth-order valence-corrected chi connectivity index (χ4v) is 4.73. The number of rotatable bonds is 9. The number of hydrogen-bond acceptors (Lipinski definition) is 6. The van der Waals surface area contributed by atoms with E-state index in [1.54, 1.807) is 54.6 Å². The molecule has 182 valence electrons. The predicted molar refractivity (Wildman–Crippen MR) is 131 cm³/mol. The van der Waals surface area contributed by atoms with Gasteiger partial charge in [0.1, 0.15) is 11.5 Å². The lowest BCUT2D eigenvalue weighted by Gasteiger charge is -2.34. The first-order valence-corrected chi connectivity index (χ1v) is 11.5. The zero-order valence-corrected chi connectivity index (χ0v) is 19.8. The number of ketones is 1. The summed E-state index contributed by atoms with van der Waals surface area (Å²) in [4.78, 5) is 43.5. The van der Waals surface area contributed by atoms with E-state index in [0.717, 1.165) is 6.42 Å². The van der Waals surface area contributed by atoms with Gasteiger partial charge < -0.3 is 24.4 Å². The van der Waals surface area contributed by atoms with E-state index in [4.69, 9.17) is 9.47 Å². The highest BCUT2D eigenvalue weighted by Crippen LogP contribution is 2.53. The predicted octanol–water partition coefficient (Wildman–Crippen LogP) is 3.23. The van der Waals surface area contributed by atoms with Crippen molar-refractivity contribution in [2.45, 2.75) is 18.9 Å². The van der Waals surface area contributed by atoms with Crippen LogP contribution in [0.4, 0.5) is 5.69 Å². The van der Waals surface area contributed by atoms with Gasteiger partial charge in [0.05, 0.1) is 24.5 Å². The molecule has 2 aliphatic heterocycles. The molecule has 8 nitrogen and oxygen atoms in total. The number of carbonyl (C=O) groups excluding carboxylic acids is 3. The van der Waals surface area contributed by atoms with E-state index in [0.29, 0.717) is 29.2 Å². The van der Waals surface area contributed by atoms with Gasteiger partial charge in [-0.3, -0.25) is 14.4 Å². The van der Waals surface area contributed by atoms with Gasteiger partial charge >= 0.3 is 0 Å². The van der Waals surface area contributed by atoms with Gasteiger partial charge in [0, 0.05) is 31.3 Å². The summed E-state index contributed by atoms with van der Waals surface area (Å²) in [6.45, 7) is 6.55. The molecule has 1 saturated heterocycles. The van der Waals surface area contributed by atoms with Crippen LogP contribution in [0.2, 0.25) is 0 Å². The van der Waals surface area contributed by atoms with Crippen LogP contribution < -0.4 is 9.64 Å². The Bertz CT molecular complexity index is 1200. The molecular formula is C27H28N2O6. The first-order chi connectivity index (χ1) is 16.9. The summed E-state index contributed by atoms with van der Waals surface area (Å²) in [7, 11) is 1.47. The van der Waals surface area contributed by atoms with Crippen molar-refractivity contribution in [3.05, 3.63) is 77.9 Å². The third-order valence-electron chi connectivity index (χ3n) is 6.24. The van der Waals surface area contributed by atoms with Crippen molar-refractivity contribution < 1.29 is 29.0 Å². The number of likely N-dealkylation sites (tertiary alicyclic amines) is 1. The zero-order valence-electron chi connectivity index (χ0n) is 19.8. The number of nitrogens with zero attached hydrogens (tertiary/aromatic N) is 2. The number of ether oxygens (including phenoxy) is 2. The van der Waals surface area contributed by atoms with Crippen LogP contribution in [0.5, 0.6) is 5.75 Å². The molecule has 2 heterocycles. The molecule has 8 heteroatoms. The van der Waals surface area contributed by atoms with Crippen molar-refractivity contribution in [1.82, 2.24) is 4.90 Å². The van der Waals surface area contributed by atoms with Crippen molar-refractivity contribution in [3.8, 4) is 5.75 Å². The molecule has 1 N–H and O–H groups in total. The van der Waals surface area contributed by atoms with Gasteiger partial charge in [-0.2, -0.15) is 0 Å². The second kappa shape index (κ2) is 9.76. The maximum absolute atomic E-state index is 14.1. The number of aliphatic hydroxyl groups is 1.